The fourth-order valence-corrected chi connectivity index (χ4v) is 1.94. The van der Waals surface area contributed by atoms with Gasteiger partial charge in [-0.2, -0.15) is 0 Å². The van der Waals surface area contributed by atoms with E-state index in [0.29, 0.717) is 6.61 Å². The summed E-state index contributed by atoms with van der Waals surface area (Å²) < 4.78 is 50.1. The molecule has 1 aromatic heterocycles. The lowest BCUT2D eigenvalue weighted by atomic mass is 10.3. The van der Waals surface area contributed by atoms with Crippen molar-refractivity contribution in [3.8, 4) is 11.6 Å². The van der Waals surface area contributed by atoms with Gasteiger partial charge in [-0.05, 0) is 43.3 Å². The largest absolute Gasteiger partial charge is 0.573 e. The third-order valence-corrected chi connectivity index (χ3v) is 2.98. The number of alkyl halides is 3. The van der Waals surface area contributed by atoms with Gasteiger partial charge in [0, 0.05) is 11.9 Å². The van der Waals surface area contributed by atoms with Crippen LogP contribution in [0.25, 0.3) is 0 Å². The molecule has 2 aromatic rings. The number of hydrogen-bond donors (Lipinski definition) is 1. The number of nitrogens with one attached hydrogen (secondary N) is 1. The lowest BCUT2D eigenvalue weighted by Gasteiger charge is -2.10. The van der Waals surface area contributed by atoms with Crippen LogP contribution in [-0.2, 0) is 9.53 Å². The van der Waals surface area contributed by atoms with Crippen molar-refractivity contribution >= 4 is 17.6 Å². The van der Waals surface area contributed by atoms with Crippen LogP contribution in [0.4, 0.5) is 18.9 Å². The first-order chi connectivity index (χ1) is 12.8. The van der Waals surface area contributed by atoms with Gasteiger partial charge >= 0.3 is 12.3 Å². The summed E-state index contributed by atoms with van der Waals surface area (Å²) in [4.78, 5) is 27.8. The fourth-order valence-electron chi connectivity index (χ4n) is 1.94. The highest BCUT2D eigenvalue weighted by Gasteiger charge is 2.31. The molecule has 0 atom stereocenters. The molecule has 2 rings (SSSR count). The number of anilines is 1. The highest BCUT2D eigenvalue weighted by Crippen LogP contribution is 2.24. The Bertz CT molecular complexity index is 794. The third-order valence-electron chi connectivity index (χ3n) is 2.98. The molecule has 1 heterocycles. The van der Waals surface area contributed by atoms with Crippen LogP contribution in [-0.4, -0.2) is 36.4 Å². The summed E-state index contributed by atoms with van der Waals surface area (Å²) in [5.41, 5.74) is 0.280. The number of hydrogen-bond acceptors (Lipinski definition) is 6. The van der Waals surface area contributed by atoms with Crippen molar-refractivity contribution < 1.29 is 37.0 Å². The molecule has 0 fully saturated rings. The number of amides is 1. The molecule has 7 nitrogen and oxygen atoms in total. The summed E-state index contributed by atoms with van der Waals surface area (Å²) in [6.07, 6.45) is -3.35. The normalized spacial score (nSPS) is 10.8. The van der Waals surface area contributed by atoms with Gasteiger partial charge in [0.2, 0.25) is 5.88 Å². The molecular weight excluding hydrogens is 369 g/mol. The Morgan fingerprint density at radius 2 is 1.85 bits per heavy atom. The van der Waals surface area contributed by atoms with E-state index < -0.39 is 30.6 Å². The zero-order valence-corrected chi connectivity index (χ0v) is 14.1. The van der Waals surface area contributed by atoms with Gasteiger partial charge in [-0.1, -0.05) is 0 Å². The van der Waals surface area contributed by atoms with Gasteiger partial charge in [0.15, 0.2) is 6.61 Å². The number of pyridine rings is 1. The van der Waals surface area contributed by atoms with Gasteiger partial charge in [0.25, 0.3) is 5.91 Å². The van der Waals surface area contributed by atoms with Gasteiger partial charge < -0.3 is 19.5 Å². The van der Waals surface area contributed by atoms with E-state index >= 15 is 0 Å². The Kier molecular flexibility index (Phi) is 6.58. The van der Waals surface area contributed by atoms with Crippen molar-refractivity contribution in [2.45, 2.75) is 13.3 Å². The van der Waals surface area contributed by atoms with Crippen molar-refractivity contribution in [1.82, 2.24) is 4.98 Å². The van der Waals surface area contributed by atoms with Crippen LogP contribution in [0.3, 0.4) is 0 Å². The Morgan fingerprint density at radius 1 is 1.15 bits per heavy atom. The molecule has 0 unspecified atom stereocenters. The molecule has 1 N–H and O–H groups in total. The molecule has 0 bridgehead atoms. The van der Waals surface area contributed by atoms with Crippen LogP contribution in [0.2, 0.25) is 0 Å². The van der Waals surface area contributed by atoms with E-state index in [2.05, 4.69) is 15.0 Å². The quantitative estimate of drug-likeness (QED) is 0.738. The van der Waals surface area contributed by atoms with E-state index in [9.17, 15) is 22.8 Å². The van der Waals surface area contributed by atoms with E-state index in [1.54, 1.807) is 6.92 Å². The van der Waals surface area contributed by atoms with E-state index in [1.807, 2.05) is 0 Å². The lowest BCUT2D eigenvalue weighted by molar-refractivity contribution is -0.274. The molecule has 0 saturated carbocycles. The summed E-state index contributed by atoms with van der Waals surface area (Å²) in [6.45, 7) is 1.42. The van der Waals surface area contributed by atoms with Crippen molar-refractivity contribution in [2.75, 3.05) is 18.5 Å². The summed E-state index contributed by atoms with van der Waals surface area (Å²) in [6, 6.07) is 7.48. The number of halogens is 3. The monoisotopic (exact) mass is 384 g/mol. The van der Waals surface area contributed by atoms with E-state index in [1.165, 1.54) is 30.5 Å². The highest BCUT2D eigenvalue weighted by molar-refractivity contribution is 5.96. The zero-order valence-electron chi connectivity index (χ0n) is 14.1. The average Bonchev–Trinajstić information content (AvgIpc) is 2.61. The molecule has 0 aliphatic rings. The molecule has 27 heavy (non-hydrogen) atoms. The molecule has 144 valence electrons. The second-order valence-electron chi connectivity index (χ2n) is 4.99. The topological polar surface area (TPSA) is 86.8 Å². The number of rotatable bonds is 7. The average molecular weight is 384 g/mol. The van der Waals surface area contributed by atoms with Gasteiger partial charge in [-0.3, -0.25) is 4.79 Å². The standard InChI is InChI=1S/C17H15F3N2O5/c1-2-25-15-13(4-3-9-21-15)16(24)26-10-14(23)22-11-5-7-12(8-6-11)27-17(18,19)20/h3-9H,2,10H2,1H3,(H,22,23). The Hall–Kier alpha value is -3.30. The number of nitrogens with zero attached hydrogens (tertiary/aromatic N) is 1. The molecule has 0 aliphatic heterocycles. The van der Waals surface area contributed by atoms with Crippen LogP contribution in [0.5, 0.6) is 11.6 Å². The fraction of sp³-hybridized carbons (Fsp3) is 0.235. The number of carbonyl (C=O) groups is 2. The van der Waals surface area contributed by atoms with Crippen molar-refractivity contribution in [3.63, 3.8) is 0 Å². The number of aromatic nitrogens is 1. The van der Waals surface area contributed by atoms with Crippen molar-refractivity contribution in [2.24, 2.45) is 0 Å². The Morgan fingerprint density at radius 3 is 2.48 bits per heavy atom. The first-order valence-corrected chi connectivity index (χ1v) is 7.69. The lowest BCUT2D eigenvalue weighted by Crippen LogP contribution is -2.21. The second-order valence-corrected chi connectivity index (χ2v) is 4.99. The molecule has 0 aliphatic carbocycles. The summed E-state index contributed by atoms with van der Waals surface area (Å²) in [5.74, 6) is -1.80. The molecule has 0 spiro atoms. The number of carbonyl (C=O) groups excluding carboxylic acids is 2. The maximum atomic E-state index is 12.1. The third kappa shape index (κ3) is 6.49. The predicted octanol–water partition coefficient (Wildman–Crippen LogP) is 3.17. The Balaban J connectivity index is 1.88. The van der Waals surface area contributed by atoms with Crippen LogP contribution in [0, 0.1) is 0 Å². The van der Waals surface area contributed by atoms with Gasteiger partial charge in [-0.25, -0.2) is 9.78 Å². The highest BCUT2D eigenvalue weighted by atomic mass is 19.4. The minimum atomic E-state index is -4.80. The maximum Gasteiger partial charge on any atom is 0.573 e. The summed E-state index contributed by atoms with van der Waals surface area (Å²) >= 11 is 0. The molecule has 0 radical (unpaired) electrons. The van der Waals surface area contributed by atoms with Crippen LogP contribution < -0.4 is 14.8 Å². The number of esters is 1. The van der Waals surface area contributed by atoms with Crippen LogP contribution in [0.15, 0.2) is 42.6 Å². The minimum absolute atomic E-state index is 0.0702. The second kappa shape index (κ2) is 8.88. The van der Waals surface area contributed by atoms with Crippen molar-refractivity contribution in [1.29, 1.82) is 0 Å². The van der Waals surface area contributed by atoms with Crippen LogP contribution >= 0.6 is 0 Å². The van der Waals surface area contributed by atoms with E-state index in [-0.39, 0.29) is 17.1 Å². The number of ether oxygens (including phenoxy) is 3. The van der Waals surface area contributed by atoms with E-state index in [0.717, 1.165) is 12.1 Å². The van der Waals surface area contributed by atoms with Crippen LogP contribution in [0.1, 0.15) is 17.3 Å². The van der Waals surface area contributed by atoms with Gasteiger partial charge in [0.1, 0.15) is 11.3 Å². The maximum absolute atomic E-state index is 12.1. The first-order valence-electron chi connectivity index (χ1n) is 7.69. The SMILES string of the molecule is CCOc1ncccc1C(=O)OCC(=O)Nc1ccc(OC(F)(F)F)cc1. The summed E-state index contributed by atoms with van der Waals surface area (Å²) in [7, 11) is 0. The molecule has 1 amide bonds. The first kappa shape index (κ1) is 20.0. The minimum Gasteiger partial charge on any atom is -0.477 e. The predicted molar refractivity (Wildman–Crippen MR) is 87.4 cm³/mol. The smallest absolute Gasteiger partial charge is 0.477 e. The molecule has 10 heteroatoms. The van der Waals surface area contributed by atoms with E-state index in [4.69, 9.17) is 9.47 Å². The van der Waals surface area contributed by atoms with Gasteiger partial charge in [-0.15, -0.1) is 13.2 Å². The molecule has 1 aromatic carbocycles. The molecule has 0 saturated heterocycles. The van der Waals surface area contributed by atoms with Gasteiger partial charge in [0.05, 0.1) is 6.61 Å². The number of benzene rings is 1. The zero-order chi connectivity index (χ0) is 19.9. The molecular formula is C17H15F3N2O5. The van der Waals surface area contributed by atoms with Crippen molar-refractivity contribution in [3.05, 3.63) is 48.2 Å². The summed E-state index contributed by atoms with van der Waals surface area (Å²) in [5, 5.41) is 2.38. The Labute approximate surface area is 152 Å².